The molecule has 1 fully saturated rings. The van der Waals surface area contributed by atoms with Crippen LogP contribution in [0, 0.1) is 0 Å². The fourth-order valence-corrected chi connectivity index (χ4v) is 3.18. The first-order valence-corrected chi connectivity index (χ1v) is 9.50. The Kier molecular flexibility index (Phi) is 6.65. The molecule has 2 heterocycles. The molecule has 0 atom stereocenters. The Hall–Kier alpha value is -2.60. The highest BCUT2D eigenvalue weighted by molar-refractivity contribution is 6.30. The van der Waals surface area contributed by atoms with Crippen LogP contribution in [0.15, 0.2) is 42.6 Å². The number of hydrogen-bond acceptors (Lipinski definition) is 4. The van der Waals surface area contributed by atoms with E-state index in [4.69, 9.17) is 11.6 Å². The smallest absolute Gasteiger partial charge is 0.251 e. The Bertz CT molecular complexity index is 789. The largest absolute Gasteiger partial charge is 0.357 e. The average molecular weight is 387 g/mol. The van der Waals surface area contributed by atoms with E-state index in [1.165, 1.54) is 19.3 Å². The zero-order chi connectivity index (χ0) is 19.1. The summed E-state index contributed by atoms with van der Waals surface area (Å²) < 4.78 is 0. The number of anilines is 1. The molecule has 1 aromatic carbocycles. The van der Waals surface area contributed by atoms with E-state index >= 15 is 0 Å². The first-order chi connectivity index (χ1) is 13.1. The Morgan fingerprint density at radius 2 is 1.89 bits per heavy atom. The van der Waals surface area contributed by atoms with E-state index in [1.54, 1.807) is 30.5 Å². The fraction of sp³-hybridized carbons (Fsp3) is 0.350. The molecule has 2 amide bonds. The molecular weight excluding hydrogens is 364 g/mol. The highest BCUT2D eigenvalue weighted by Gasteiger charge is 2.12. The molecular formula is C20H23ClN4O2. The Balaban J connectivity index is 1.42. The van der Waals surface area contributed by atoms with Gasteiger partial charge in [0.2, 0.25) is 5.91 Å². The maximum absolute atomic E-state index is 12.0. The fourth-order valence-electron chi connectivity index (χ4n) is 2.99. The minimum atomic E-state index is -0.333. The SMILES string of the molecule is O=C(CNC(=O)c1cccc(Cl)c1)NCc1ccc(N2CCCCC2)nc1. The lowest BCUT2D eigenvalue weighted by molar-refractivity contribution is -0.120. The van der Waals surface area contributed by atoms with E-state index in [9.17, 15) is 9.59 Å². The van der Waals surface area contributed by atoms with Gasteiger partial charge < -0.3 is 15.5 Å². The first-order valence-electron chi connectivity index (χ1n) is 9.12. The molecule has 0 spiro atoms. The lowest BCUT2D eigenvalue weighted by Crippen LogP contribution is -2.36. The van der Waals surface area contributed by atoms with Gasteiger partial charge >= 0.3 is 0 Å². The number of rotatable bonds is 6. The number of nitrogens with zero attached hydrogens (tertiary/aromatic N) is 2. The summed E-state index contributed by atoms with van der Waals surface area (Å²) in [6.45, 7) is 2.38. The molecule has 6 nitrogen and oxygen atoms in total. The minimum Gasteiger partial charge on any atom is -0.357 e. The number of carbonyl (C=O) groups is 2. The van der Waals surface area contributed by atoms with Crippen LogP contribution in [0.2, 0.25) is 5.02 Å². The van der Waals surface area contributed by atoms with Gasteiger partial charge in [-0.2, -0.15) is 0 Å². The van der Waals surface area contributed by atoms with Crippen LogP contribution in [0.4, 0.5) is 5.82 Å². The van der Waals surface area contributed by atoms with Crippen molar-refractivity contribution in [1.29, 1.82) is 0 Å². The van der Waals surface area contributed by atoms with Crippen molar-refractivity contribution in [3.05, 3.63) is 58.7 Å². The molecule has 3 rings (SSSR count). The molecule has 0 bridgehead atoms. The highest BCUT2D eigenvalue weighted by atomic mass is 35.5. The molecule has 0 unspecified atom stereocenters. The molecule has 7 heteroatoms. The molecule has 142 valence electrons. The average Bonchev–Trinajstić information content (AvgIpc) is 2.71. The van der Waals surface area contributed by atoms with Crippen molar-refractivity contribution < 1.29 is 9.59 Å². The highest BCUT2D eigenvalue weighted by Crippen LogP contribution is 2.17. The van der Waals surface area contributed by atoms with E-state index in [0.29, 0.717) is 17.1 Å². The van der Waals surface area contributed by atoms with Gasteiger partial charge in [-0.25, -0.2) is 4.98 Å². The van der Waals surface area contributed by atoms with Gasteiger partial charge in [-0.3, -0.25) is 9.59 Å². The van der Waals surface area contributed by atoms with Crippen molar-refractivity contribution in [2.45, 2.75) is 25.8 Å². The predicted molar refractivity (Wildman–Crippen MR) is 106 cm³/mol. The van der Waals surface area contributed by atoms with Gasteiger partial charge in [-0.1, -0.05) is 23.7 Å². The van der Waals surface area contributed by atoms with Crippen molar-refractivity contribution >= 4 is 29.2 Å². The molecule has 0 radical (unpaired) electrons. The minimum absolute atomic E-state index is 0.0926. The van der Waals surface area contributed by atoms with E-state index in [2.05, 4.69) is 20.5 Å². The van der Waals surface area contributed by atoms with Crippen LogP contribution in [0.1, 0.15) is 35.2 Å². The Morgan fingerprint density at radius 3 is 2.59 bits per heavy atom. The van der Waals surface area contributed by atoms with E-state index < -0.39 is 0 Å². The van der Waals surface area contributed by atoms with Crippen molar-refractivity contribution in [3.63, 3.8) is 0 Å². The van der Waals surface area contributed by atoms with E-state index in [1.807, 2.05) is 12.1 Å². The Labute approximate surface area is 163 Å². The maximum Gasteiger partial charge on any atom is 0.251 e. The van der Waals surface area contributed by atoms with Crippen LogP contribution in [-0.4, -0.2) is 36.4 Å². The topological polar surface area (TPSA) is 74.3 Å². The molecule has 1 aliphatic rings. The predicted octanol–water partition coefficient (Wildman–Crippen LogP) is 2.77. The zero-order valence-electron chi connectivity index (χ0n) is 15.1. The number of amides is 2. The van der Waals surface area contributed by atoms with Gasteiger partial charge in [0.15, 0.2) is 0 Å². The van der Waals surface area contributed by atoms with Gasteiger partial charge in [0, 0.05) is 36.4 Å². The molecule has 2 N–H and O–H groups in total. The molecule has 0 saturated carbocycles. The number of aromatic nitrogens is 1. The van der Waals surface area contributed by atoms with Crippen molar-refractivity contribution in [1.82, 2.24) is 15.6 Å². The second-order valence-electron chi connectivity index (χ2n) is 6.54. The molecule has 1 aromatic heterocycles. The molecule has 1 aliphatic heterocycles. The van der Waals surface area contributed by atoms with Gasteiger partial charge in [0.05, 0.1) is 6.54 Å². The normalized spacial score (nSPS) is 13.9. The third kappa shape index (κ3) is 5.69. The lowest BCUT2D eigenvalue weighted by atomic mass is 10.1. The maximum atomic E-state index is 12.0. The third-order valence-corrected chi connectivity index (χ3v) is 4.71. The van der Waals surface area contributed by atoms with Crippen molar-refractivity contribution in [2.75, 3.05) is 24.5 Å². The lowest BCUT2D eigenvalue weighted by Gasteiger charge is -2.27. The first kappa shape index (κ1) is 19.2. The summed E-state index contributed by atoms with van der Waals surface area (Å²) in [6.07, 6.45) is 5.49. The van der Waals surface area contributed by atoms with Crippen LogP contribution in [0.5, 0.6) is 0 Å². The third-order valence-electron chi connectivity index (χ3n) is 4.48. The molecule has 27 heavy (non-hydrogen) atoms. The van der Waals surface area contributed by atoms with Crippen molar-refractivity contribution in [3.8, 4) is 0 Å². The number of nitrogens with one attached hydrogen (secondary N) is 2. The van der Waals surface area contributed by atoms with Gasteiger partial charge in [0.25, 0.3) is 5.91 Å². The summed E-state index contributed by atoms with van der Waals surface area (Å²) in [4.78, 5) is 30.7. The van der Waals surface area contributed by atoms with Crippen LogP contribution in [0.25, 0.3) is 0 Å². The second-order valence-corrected chi connectivity index (χ2v) is 6.98. The monoisotopic (exact) mass is 386 g/mol. The second kappa shape index (κ2) is 9.37. The number of halogens is 1. The summed E-state index contributed by atoms with van der Waals surface area (Å²) in [5.41, 5.74) is 1.35. The van der Waals surface area contributed by atoms with Crippen molar-refractivity contribution in [2.24, 2.45) is 0 Å². The van der Waals surface area contributed by atoms with Gasteiger partial charge in [-0.05, 0) is 49.1 Å². The number of pyridine rings is 1. The quantitative estimate of drug-likeness (QED) is 0.800. The molecule has 1 saturated heterocycles. The van der Waals surface area contributed by atoms with Crippen LogP contribution in [-0.2, 0) is 11.3 Å². The van der Waals surface area contributed by atoms with Crippen LogP contribution >= 0.6 is 11.6 Å². The van der Waals surface area contributed by atoms with E-state index in [-0.39, 0.29) is 18.4 Å². The number of hydrogen-bond donors (Lipinski definition) is 2. The van der Waals surface area contributed by atoms with E-state index in [0.717, 1.165) is 24.5 Å². The van der Waals surface area contributed by atoms with Crippen LogP contribution < -0.4 is 15.5 Å². The molecule has 0 aliphatic carbocycles. The number of piperidine rings is 1. The summed E-state index contributed by atoms with van der Waals surface area (Å²) in [5, 5.41) is 5.84. The van der Waals surface area contributed by atoms with Gasteiger partial charge in [0.1, 0.15) is 5.82 Å². The summed E-state index contributed by atoms with van der Waals surface area (Å²) in [6, 6.07) is 10.6. The van der Waals surface area contributed by atoms with Crippen LogP contribution in [0.3, 0.4) is 0 Å². The number of carbonyl (C=O) groups excluding carboxylic acids is 2. The number of benzene rings is 1. The standard InChI is InChI=1S/C20H23ClN4O2/c21-17-6-4-5-16(11-17)20(27)24-14-19(26)23-13-15-7-8-18(22-12-15)25-9-2-1-3-10-25/h4-8,11-12H,1-3,9-10,13-14H2,(H,23,26)(H,24,27). The van der Waals surface area contributed by atoms with Gasteiger partial charge in [-0.15, -0.1) is 0 Å². The Morgan fingerprint density at radius 1 is 1.07 bits per heavy atom. The zero-order valence-corrected chi connectivity index (χ0v) is 15.8. The molecule has 2 aromatic rings. The summed E-state index contributed by atoms with van der Waals surface area (Å²) >= 11 is 5.86. The summed E-state index contributed by atoms with van der Waals surface area (Å²) in [5.74, 6) is 0.393. The summed E-state index contributed by atoms with van der Waals surface area (Å²) in [7, 11) is 0.